The first-order valence-corrected chi connectivity index (χ1v) is 33.0. The van der Waals surface area contributed by atoms with Crippen molar-refractivity contribution >= 4 is 59.3 Å². The number of hydrogen-bond acceptors (Lipinski definition) is 17. The van der Waals surface area contributed by atoms with Crippen LogP contribution in [0.1, 0.15) is 86.8 Å². The zero-order valence-electron chi connectivity index (χ0n) is 57.5. The Labute approximate surface area is 576 Å². The van der Waals surface area contributed by atoms with Gasteiger partial charge in [0.15, 0.2) is 18.1 Å². The van der Waals surface area contributed by atoms with E-state index in [0.29, 0.717) is 74.7 Å². The maximum absolute atomic E-state index is 16.1. The molecular weight excluding hydrogens is 1280 g/mol. The van der Waals surface area contributed by atoms with Crippen LogP contribution in [0.4, 0.5) is 9.18 Å². The predicted molar refractivity (Wildman–Crippen MR) is 363 cm³/mol. The second kappa shape index (κ2) is 37.0. The van der Waals surface area contributed by atoms with Crippen LogP contribution < -0.4 is 29.6 Å². The smallest absolute Gasteiger partial charge is 0.415 e. The molecule has 0 radical (unpaired) electrons. The van der Waals surface area contributed by atoms with E-state index >= 15 is 9.18 Å². The van der Waals surface area contributed by atoms with Crippen molar-refractivity contribution in [2.24, 2.45) is 5.41 Å². The monoisotopic (exact) mass is 1370 g/mol. The topological polar surface area (TPSA) is 276 Å². The molecule has 5 aromatic carbocycles. The van der Waals surface area contributed by atoms with Gasteiger partial charge in [0.05, 0.1) is 39.4 Å². The lowest BCUT2D eigenvalue weighted by molar-refractivity contribution is -0.165. The van der Waals surface area contributed by atoms with E-state index in [1.54, 1.807) is 72.6 Å². The molecule has 2 heterocycles. The number of carbonyl (C=O) groups excluding carboxylic acids is 10. The number of piperidine rings is 1. The third kappa shape index (κ3) is 22.2. The fraction of sp³-hybridized carbons (Fsp3) is 0.432. The molecule has 24 nitrogen and oxygen atoms in total. The lowest BCUT2D eigenvalue weighted by Crippen LogP contribution is -2.57. The highest BCUT2D eigenvalue weighted by atomic mass is 19.1. The molecule has 0 aliphatic carbocycles. The summed E-state index contributed by atoms with van der Waals surface area (Å²) in [5.74, 6) is -6.67. The molecule has 99 heavy (non-hydrogen) atoms. The number of likely N-dealkylation sites (N-methyl/N-ethyl adjacent to an activating group) is 3. The summed E-state index contributed by atoms with van der Waals surface area (Å²) in [4.78, 5) is 146. The van der Waals surface area contributed by atoms with Crippen molar-refractivity contribution in [3.8, 4) is 23.0 Å². The number of rotatable bonds is 33. The average Bonchev–Trinajstić information content (AvgIpc) is 0.863. The highest BCUT2D eigenvalue weighted by Crippen LogP contribution is 2.34. The zero-order valence-corrected chi connectivity index (χ0v) is 57.5. The van der Waals surface area contributed by atoms with Crippen LogP contribution in [0.2, 0.25) is 0 Å². The second-order valence-corrected chi connectivity index (χ2v) is 25.0. The largest absolute Gasteiger partial charge is 0.493 e. The van der Waals surface area contributed by atoms with Gasteiger partial charge in [-0.2, -0.15) is 0 Å². The highest BCUT2D eigenvalue weighted by Gasteiger charge is 2.43. The summed E-state index contributed by atoms with van der Waals surface area (Å²) in [6, 6.07) is 28.2. The van der Waals surface area contributed by atoms with Crippen LogP contribution in [0.25, 0.3) is 0 Å². The standard InChI is InChI=1S/C74H90FN7O17/c1-10-33-78(5)69(88)57(39-49-20-14-12-15-21-49)76-64(83)46-79(6)70(89)58(40-50-22-16-13-17-23-50)77-68(87)60(41-51-25-29-55(30-26-51)98-73(92)81-35-37-95-38-36-81)80(7)65(84)47-96-56-44-53(43-54(75)45-56)61(31-27-52-28-32-62(93-8)63(42-52)94-9)99-72(91)59-24-18-19-34-82(59)71(90)67(86)74(3,4)48-97-66(85)11-2/h11-17,20-23,25-26,28-30,32,42-45,57-61H,2,10,18-19,24,27,31,33-41,46-48H2,1,3-9H3,(H,76,83)(H,77,87)/t57-,58-,59+,60+,61-/m1/s1. The number of ether oxygens (including phenoxy) is 7. The molecule has 7 rings (SSSR count). The van der Waals surface area contributed by atoms with Crippen LogP contribution in [0.3, 0.4) is 0 Å². The molecule has 0 spiro atoms. The molecule has 530 valence electrons. The van der Waals surface area contributed by atoms with Crippen LogP contribution in [0.5, 0.6) is 23.0 Å². The van der Waals surface area contributed by atoms with Gasteiger partial charge in [-0.3, -0.25) is 33.6 Å². The van der Waals surface area contributed by atoms with Crippen LogP contribution in [0.15, 0.2) is 134 Å². The van der Waals surface area contributed by atoms with Gasteiger partial charge in [-0.05, 0) is 117 Å². The summed E-state index contributed by atoms with van der Waals surface area (Å²) >= 11 is 0. The SMILES string of the molecule is C=CC(=O)OCC(C)(C)C(=O)C(=O)N1CCCC[C@H]1C(=O)O[C@H](CCc1ccc(OC)c(OC)c1)c1cc(F)cc(OCC(=O)N(C)[C@@H](Cc2ccc(OC(=O)N3CCOCC3)cc2)C(=O)N[C@H](Cc2ccccc2)C(=O)N(C)CC(=O)N[C@H](Cc2ccccc2)C(=O)N(C)CCC)c1. The number of Topliss-reactive ketones (excluding diaryl/α,β-unsaturated/α-hetero) is 1. The number of likely N-dealkylation sites (tertiary alicyclic amines) is 1. The lowest BCUT2D eigenvalue weighted by atomic mass is 9.87. The molecular formula is C74H90FN7O17. The maximum Gasteiger partial charge on any atom is 0.415 e. The van der Waals surface area contributed by atoms with Crippen molar-refractivity contribution in [1.82, 2.24) is 35.1 Å². The Morgan fingerprint density at radius 2 is 1.33 bits per heavy atom. The van der Waals surface area contributed by atoms with E-state index in [9.17, 15) is 43.2 Å². The Kier molecular flexibility index (Phi) is 28.5. The number of morpholine rings is 1. The fourth-order valence-corrected chi connectivity index (χ4v) is 11.4. The average molecular weight is 1370 g/mol. The van der Waals surface area contributed by atoms with E-state index in [2.05, 4.69) is 17.2 Å². The molecule has 5 aromatic rings. The van der Waals surface area contributed by atoms with Gasteiger partial charge >= 0.3 is 18.0 Å². The number of amides is 7. The third-order valence-corrected chi connectivity index (χ3v) is 17.1. The lowest BCUT2D eigenvalue weighted by Gasteiger charge is -2.36. The number of hydrogen-bond donors (Lipinski definition) is 2. The Hall–Kier alpha value is -10.2. The zero-order chi connectivity index (χ0) is 71.8. The minimum Gasteiger partial charge on any atom is -0.493 e. The van der Waals surface area contributed by atoms with E-state index in [1.165, 1.54) is 65.3 Å². The molecule has 2 N–H and O–H groups in total. The quantitative estimate of drug-likeness (QED) is 0.0247. The van der Waals surface area contributed by atoms with Crippen molar-refractivity contribution in [2.75, 3.05) is 94.5 Å². The molecule has 0 unspecified atom stereocenters. The number of benzene rings is 5. The molecule has 5 atom stereocenters. The van der Waals surface area contributed by atoms with E-state index in [4.69, 9.17) is 33.2 Å². The normalized spacial score (nSPS) is 14.9. The Balaban J connectivity index is 1.15. The summed E-state index contributed by atoms with van der Waals surface area (Å²) in [6.45, 7) is 8.34. The number of esters is 2. The van der Waals surface area contributed by atoms with Crippen molar-refractivity contribution in [2.45, 2.75) is 109 Å². The summed E-state index contributed by atoms with van der Waals surface area (Å²) in [6.07, 6.45) is 1.13. The number of methoxy groups -OCH3 is 2. The first kappa shape index (κ1) is 76.2. The van der Waals surface area contributed by atoms with Gasteiger partial charge in [-0.15, -0.1) is 0 Å². The predicted octanol–water partition coefficient (Wildman–Crippen LogP) is 6.83. The van der Waals surface area contributed by atoms with Gasteiger partial charge < -0.3 is 68.3 Å². The molecule has 25 heteroatoms. The first-order valence-electron chi connectivity index (χ1n) is 33.0. The van der Waals surface area contributed by atoms with E-state index in [-0.39, 0.29) is 68.0 Å². The summed E-state index contributed by atoms with van der Waals surface area (Å²) < 4.78 is 55.5. The second-order valence-electron chi connectivity index (χ2n) is 25.0. The number of ketones is 1. The fourth-order valence-electron chi connectivity index (χ4n) is 11.4. The molecule has 0 aromatic heterocycles. The highest BCUT2D eigenvalue weighted by molar-refractivity contribution is 6.38. The van der Waals surface area contributed by atoms with Crippen LogP contribution in [-0.2, 0) is 83.0 Å². The third-order valence-electron chi connectivity index (χ3n) is 17.1. The Morgan fingerprint density at radius 1 is 0.717 bits per heavy atom. The Bertz CT molecular complexity index is 3630. The van der Waals surface area contributed by atoms with Crippen LogP contribution in [0, 0.1) is 11.2 Å². The minimum absolute atomic E-state index is 0.0328. The van der Waals surface area contributed by atoms with Crippen molar-refractivity contribution < 1.29 is 85.5 Å². The number of nitrogens with one attached hydrogen (secondary N) is 2. The summed E-state index contributed by atoms with van der Waals surface area (Å²) in [7, 11) is 7.38. The van der Waals surface area contributed by atoms with E-state index in [1.807, 2.05) is 37.3 Å². The van der Waals surface area contributed by atoms with Crippen molar-refractivity contribution in [3.05, 3.63) is 168 Å². The molecule has 7 amide bonds. The van der Waals surface area contributed by atoms with Gasteiger partial charge in [0, 0.05) is 78.7 Å². The Morgan fingerprint density at radius 3 is 1.96 bits per heavy atom. The molecule has 2 saturated heterocycles. The number of nitrogens with zero attached hydrogens (tertiary/aromatic N) is 5. The summed E-state index contributed by atoms with van der Waals surface area (Å²) in [5.41, 5.74) is 1.29. The van der Waals surface area contributed by atoms with Gasteiger partial charge in [0.2, 0.25) is 29.4 Å². The molecule has 2 aliphatic heterocycles. The first-order chi connectivity index (χ1) is 47.4. The van der Waals surface area contributed by atoms with Gasteiger partial charge in [-0.1, -0.05) is 92.4 Å². The molecule has 2 aliphatic rings. The van der Waals surface area contributed by atoms with Crippen molar-refractivity contribution in [3.63, 3.8) is 0 Å². The van der Waals surface area contributed by atoms with E-state index < -0.39 is 115 Å². The van der Waals surface area contributed by atoms with Crippen LogP contribution in [-0.4, -0.2) is 202 Å². The number of aryl methyl sites for hydroxylation is 1. The van der Waals surface area contributed by atoms with Crippen LogP contribution >= 0.6 is 0 Å². The van der Waals surface area contributed by atoms with Gasteiger partial charge in [0.25, 0.3) is 11.8 Å². The van der Waals surface area contributed by atoms with Gasteiger partial charge in [0.1, 0.15) is 54.2 Å². The molecule has 2 fully saturated rings. The number of carbonyl (C=O) groups is 10. The molecule has 0 saturated carbocycles. The van der Waals surface area contributed by atoms with E-state index in [0.717, 1.165) is 44.0 Å². The van der Waals surface area contributed by atoms with Crippen molar-refractivity contribution in [1.29, 1.82) is 0 Å². The summed E-state index contributed by atoms with van der Waals surface area (Å²) in [5, 5.41) is 5.71. The maximum atomic E-state index is 16.1. The van der Waals surface area contributed by atoms with Gasteiger partial charge in [-0.25, -0.2) is 18.8 Å². The number of halogens is 1. The molecule has 0 bridgehead atoms. The minimum atomic E-state index is -1.48.